The Morgan fingerprint density at radius 3 is 2.42 bits per heavy atom. The first-order chi connectivity index (χ1) is 11.6. The predicted octanol–water partition coefficient (Wildman–Crippen LogP) is 1.76. The van der Waals surface area contributed by atoms with Gasteiger partial charge in [-0.05, 0) is 5.56 Å². The summed E-state index contributed by atoms with van der Waals surface area (Å²) in [6.45, 7) is -0.291. The van der Waals surface area contributed by atoms with Gasteiger partial charge in [-0.1, -0.05) is 30.3 Å². The third-order valence-electron chi connectivity index (χ3n) is 3.21. The minimum atomic E-state index is -0.651. The van der Waals surface area contributed by atoms with Crippen molar-refractivity contribution in [1.29, 1.82) is 0 Å². The second kappa shape index (κ2) is 7.82. The predicted molar refractivity (Wildman–Crippen MR) is 86.6 cm³/mol. The summed E-state index contributed by atoms with van der Waals surface area (Å²) in [6, 6.07) is 8.54. The smallest absolute Gasteiger partial charge is 0.356 e. The number of benzene rings is 1. The van der Waals surface area contributed by atoms with Gasteiger partial charge in [-0.15, -0.1) is 0 Å². The number of ether oxygens (including phenoxy) is 2. The first kappa shape index (κ1) is 17.1. The molecule has 0 atom stereocenters. The van der Waals surface area contributed by atoms with Crippen LogP contribution in [0.2, 0.25) is 0 Å². The van der Waals surface area contributed by atoms with E-state index in [1.54, 1.807) is 6.20 Å². The molecule has 0 fully saturated rings. The number of H-pyrrole nitrogens is 1. The average molecular weight is 331 g/mol. The van der Waals surface area contributed by atoms with E-state index in [4.69, 9.17) is 4.74 Å². The number of nitrogens with one attached hydrogen (secondary N) is 3. The Balaban J connectivity index is 2.28. The molecule has 1 heterocycles. The number of hydrogen-bond acceptors (Lipinski definition) is 5. The molecule has 0 unspecified atom stereocenters. The molecular weight excluding hydrogens is 314 g/mol. The zero-order valence-electron chi connectivity index (χ0n) is 13.2. The highest BCUT2D eigenvalue weighted by atomic mass is 16.5. The molecule has 0 aliphatic carbocycles. The van der Waals surface area contributed by atoms with Crippen LogP contribution in [-0.4, -0.2) is 43.7 Å². The topological polar surface area (TPSA) is 110 Å². The van der Waals surface area contributed by atoms with Gasteiger partial charge in [-0.3, -0.25) is 4.79 Å². The maximum atomic E-state index is 12.0. The van der Waals surface area contributed by atoms with Gasteiger partial charge in [-0.2, -0.15) is 0 Å². The second-order valence-electron chi connectivity index (χ2n) is 4.69. The zero-order chi connectivity index (χ0) is 17.5. The van der Waals surface area contributed by atoms with E-state index in [0.717, 1.165) is 5.56 Å². The molecule has 1 aromatic carbocycles. The Kier molecular flexibility index (Phi) is 5.56. The Bertz CT molecular complexity index is 739. The van der Waals surface area contributed by atoms with E-state index in [9.17, 15) is 14.4 Å². The summed E-state index contributed by atoms with van der Waals surface area (Å²) in [7, 11) is 2.46. The van der Waals surface area contributed by atoms with Crippen molar-refractivity contribution >= 4 is 23.7 Å². The molecule has 2 aromatic rings. The first-order valence-corrected chi connectivity index (χ1v) is 7.03. The van der Waals surface area contributed by atoms with Crippen LogP contribution < -0.4 is 10.6 Å². The van der Waals surface area contributed by atoms with Crippen LogP contribution >= 0.6 is 0 Å². The number of hydrogen-bond donors (Lipinski definition) is 3. The van der Waals surface area contributed by atoms with Gasteiger partial charge in [0.25, 0.3) is 0 Å². The zero-order valence-corrected chi connectivity index (χ0v) is 13.2. The Morgan fingerprint density at radius 2 is 1.79 bits per heavy atom. The van der Waals surface area contributed by atoms with Crippen molar-refractivity contribution in [3.63, 3.8) is 0 Å². The third kappa shape index (κ3) is 3.92. The summed E-state index contributed by atoms with van der Waals surface area (Å²) in [5.74, 6) is -1.21. The molecule has 0 saturated carbocycles. The summed E-state index contributed by atoms with van der Waals surface area (Å²) in [5, 5.41) is 4.91. The number of urea groups is 1. The molecule has 24 heavy (non-hydrogen) atoms. The number of anilines is 1. The second-order valence-corrected chi connectivity index (χ2v) is 4.69. The third-order valence-corrected chi connectivity index (χ3v) is 3.21. The number of aromatic nitrogens is 1. The molecule has 0 aliphatic rings. The van der Waals surface area contributed by atoms with Gasteiger partial charge in [0.1, 0.15) is 12.2 Å². The van der Waals surface area contributed by atoms with E-state index >= 15 is 0 Å². The summed E-state index contributed by atoms with van der Waals surface area (Å²) < 4.78 is 9.15. The van der Waals surface area contributed by atoms with E-state index in [1.807, 2.05) is 30.3 Å². The van der Waals surface area contributed by atoms with E-state index in [1.165, 1.54) is 14.2 Å². The van der Waals surface area contributed by atoms with Crippen LogP contribution in [0.4, 0.5) is 10.5 Å². The van der Waals surface area contributed by atoms with Gasteiger partial charge in [0.2, 0.25) is 0 Å². The Morgan fingerprint density at radius 1 is 1.08 bits per heavy atom. The molecule has 0 saturated heterocycles. The van der Waals surface area contributed by atoms with Gasteiger partial charge >= 0.3 is 18.0 Å². The summed E-state index contributed by atoms with van der Waals surface area (Å²) in [4.78, 5) is 37.7. The standard InChI is InChI=1S/C16H17N3O5/c1-23-12(20)9-18-16(22)19-13-11(10-6-4-3-5-7-10)8-17-14(13)15(21)24-2/h3-8,17H,9H2,1-2H3,(H2,18,19,22). The maximum Gasteiger partial charge on any atom is 0.356 e. The minimum Gasteiger partial charge on any atom is -0.468 e. The van der Waals surface area contributed by atoms with E-state index < -0.39 is 18.0 Å². The van der Waals surface area contributed by atoms with Crippen molar-refractivity contribution < 1.29 is 23.9 Å². The Labute approximate surface area is 138 Å². The van der Waals surface area contributed by atoms with Crippen LogP contribution in [0.3, 0.4) is 0 Å². The summed E-state index contributed by atoms with van der Waals surface area (Å²) >= 11 is 0. The van der Waals surface area contributed by atoms with Gasteiger partial charge in [0, 0.05) is 11.8 Å². The number of rotatable bonds is 5. The fourth-order valence-corrected chi connectivity index (χ4v) is 2.04. The molecule has 0 aliphatic heterocycles. The van der Waals surface area contributed by atoms with Crippen LogP contribution in [0, 0.1) is 0 Å². The van der Waals surface area contributed by atoms with E-state index in [2.05, 4.69) is 20.4 Å². The molecule has 8 nitrogen and oxygen atoms in total. The van der Waals surface area contributed by atoms with Crippen LogP contribution in [0.5, 0.6) is 0 Å². The first-order valence-electron chi connectivity index (χ1n) is 7.03. The number of aromatic amines is 1. The summed E-state index contributed by atoms with van der Waals surface area (Å²) in [6.07, 6.45) is 1.59. The average Bonchev–Trinajstić information content (AvgIpc) is 3.03. The monoisotopic (exact) mass is 331 g/mol. The van der Waals surface area contributed by atoms with Crippen molar-refractivity contribution in [1.82, 2.24) is 10.3 Å². The fraction of sp³-hybridized carbons (Fsp3) is 0.188. The molecule has 126 valence electrons. The largest absolute Gasteiger partial charge is 0.468 e. The molecule has 0 radical (unpaired) electrons. The van der Waals surface area contributed by atoms with Crippen LogP contribution in [-0.2, 0) is 14.3 Å². The minimum absolute atomic E-state index is 0.101. The lowest BCUT2D eigenvalue weighted by Gasteiger charge is -2.10. The normalized spacial score (nSPS) is 9.92. The number of carbonyl (C=O) groups excluding carboxylic acids is 3. The van der Waals surface area contributed by atoms with Crippen LogP contribution in [0.1, 0.15) is 10.5 Å². The highest BCUT2D eigenvalue weighted by Crippen LogP contribution is 2.31. The van der Waals surface area contributed by atoms with Crippen molar-refractivity contribution in [2.75, 3.05) is 26.1 Å². The maximum absolute atomic E-state index is 12.0. The fourth-order valence-electron chi connectivity index (χ4n) is 2.04. The van der Waals surface area contributed by atoms with Gasteiger partial charge in [0.05, 0.1) is 19.9 Å². The lowest BCUT2D eigenvalue weighted by Crippen LogP contribution is -2.34. The van der Waals surface area contributed by atoms with Gasteiger partial charge < -0.3 is 25.1 Å². The SMILES string of the molecule is COC(=O)CNC(=O)Nc1c(-c2ccccc2)c[nH]c1C(=O)OC. The highest BCUT2D eigenvalue weighted by Gasteiger charge is 2.21. The van der Waals surface area contributed by atoms with Crippen LogP contribution in [0.25, 0.3) is 11.1 Å². The molecule has 3 N–H and O–H groups in total. The number of amides is 2. The highest BCUT2D eigenvalue weighted by molar-refractivity contribution is 6.05. The summed E-state index contributed by atoms with van der Waals surface area (Å²) in [5.41, 5.74) is 1.77. The molecule has 2 rings (SSSR count). The van der Waals surface area contributed by atoms with Crippen molar-refractivity contribution in [3.8, 4) is 11.1 Å². The molecule has 2 amide bonds. The molecule has 1 aromatic heterocycles. The lowest BCUT2D eigenvalue weighted by atomic mass is 10.1. The molecule has 0 spiro atoms. The van der Waals surface area contributed by atoms with Crippen molar-refractivity contribution in [3.05, 3.63) is 42.2 Å². The lowest BCUT2D eigenvalue weighted by molar-refractivity contribution is -0.139. The van der Waals surface area contributed by atoms with Gasteiger partial charge in [-0.25, -0.2) is 9.59 Å². The molecular formula is C16H17N3O5. The number of esters is 2. The Hall–Kier alpha value is -3.29. The molecule has 8 heteroatoms. The molecule has 0 bridgehead atoms. The van der Waals surface area contributed by atoms with Gasteiger partial charge in [0.15, 0.2) is 0 Å². The quantitative estimate of drug-likeness (QED) is 0.723. The van der Waals surface area contributed by atoms with Crippen molar-refractivity contribution in [2.45, 2.75) is 0 Å². The number of carbonyl (C=O) groups is 3. The van der Waals surface area contributed by atoms with E-state index in [0.29, 0.717) is 5.56 Å². The number of methoxy groups -OCH3 is 2. The van der Waals surface area contributed by atoms with E-state index in [-0.39, 0.29) is 17.9 Å². The van der Waals surface area contributed by atoms with Crippen molar-refractivity contribution in [2.24, 2.45) is 0 Å². The van der Waals surface area contributed by atoms with Crippen LogP contribution in [0.15, 0.2) is 36.5 Å².